The van der Waals surface area contributed by atoms with Crippen LogP contribution in [0.3, 0.4) is 0 Å². The van der Waals surface area contributed by atoms with Gasteiger partial charge in [0, 0.05) is 4.47 Å². The number of rotatable bonds is 3. The number of aryl methyl sites for hydroxylation is 1. The molecule has 0 aliphatic carbocycles. The molecule has 0 fully saturated rings. The summed E-state index contributed by atoms with van der Waals surface area (Å²) in [6.07, 6.45) is 0. The predicted octanol–water partition coefficient (Wildman–Crippen LogP) is 3.57. The minimum absolute atomic E-state index is 0.125. The van der Waals surface area contributed by atoms with E-state index < -0.39 is 20.7 Å². The molecule has 0 atom stereocenters. The van der Waals surface area contributed by atoms with Gasteiger partial charge in [-0.15, -0.1) is 0 Å². The molecule has 0 saturated carbocycles. The molecule has 7 heteroatoms. The number of nitriles is 1. The monoisotopic (exact) mass is 368 g/mol. The SMILES string of the molecule is Cc1cccc(NS(=O)(=O)c2ccc(Br)cc2F)c1C#N. The maximum Gasteiger partial charge on any atom is 0.264 e. The third-order valence-corrected chi connectivity index (χ3v) is 4.70. The van der Waals surface area contributed by atoms with Crippen molar-refractivity contribution in [2.24, 2.45) is 0 Å². The zero-order chi connectivity index (χ0) is 15.6. The molecular weight excluding hydrogens is 359 g/mol. The number of benzene rings is 2. The third kappa shape index (κ3) is 3.23. The van der Waals surface area contributed by atoms with Crippen LogP contribution in [0.15, 0.2) is 45.8 Å². The van der Waals surface area contributed by atoms with Crippen molar-refractivity contribution in [2.75, 3.05) is 4.72 Å². The van der Waals surface area contributed by atoms with Crippen molar-refractivity contribution in [3.05, 3.63) is 57.8 Å². The number of anilines is 1. The lowest BCUT2D eigenvalue weighted by molar-refractivity contribution is 0.570. The molecular formula is C14H10BrFN2O2S. The molecule has 0 saturated heterocycles. The number of halogens is 2. The van der Waals surface area contributed by atoms with Gasteiger partial charge in [-0.3, -0.25) is 4.72 Å². The summed E-state index contributed by atoms with van der Waals surface area (Å²) in [5.74, 6) is -0.872. The van der Waals surface area contributed by atoms with Crippen LogP contribution in [0, 0.1) is 24.1 Å². The highest BCUT2D eigenvalue weighted by molar-refractivity contribution is 9.10. The molecule has 2 aromatic rings. The van der Waals surface area contributed by atoms with E-state index in [9.17, 15) is 12.8 Å². The molecule has 0 aliphatic heterocycles. The highest BCUT2D eigenvalue weighted by Gasteiger charge is 2.20. The number of sulfonamides is 1. The number of hydrogen-bond donors (Lipinski definition) is 1. The molecule has 0 heterocycles. The van der Waals surface area contributed by atoms with E-state index in [1.807, 2.05) is 6.07 Å². The fraction of sp³-hybridized carbons (Fsp3) is 0.0714. The van der Waals surface area contributed by atoms with Gasteiger partial charge in [0.2, 0.25) is 0 Å². The molecule has 0 spiro atoms. The van der Waals surface area contributed by atoms with Gasteiger partial charge in [0.15, 0.2) is 0 Å². The highest BCUT2D eigenvalue weighted by atomic mass is 79.9. The zero-order valence-electron chi connectivity index (χ0n) is 10.9. The van der Waals surface area contributed by atoms with Crippen LogP contribution in [0.5, 0.6) is 0 Å². The Hall–Kier alpha value is -1.91. The van der Waals surface area contributed by atoms with Crippen molar-refractivity contribution in [1.29, 1.82) is 5.26 Å². The summed E-state index contributed by atoms with van der Waals surface area (Å²) in [4.78, 5) is -0.476. The quantitative estimate of drug-likeness (QED) is 0.899. The number of nitrogens with one attached hydrogen (secondary N) is 1. The van der Waals surface area contributed by atoms with Crippen LogP contribution in [0.4, 0.5) is 10.1 Å². The van der Waals surface area contributed by atoms with Crippen molar-refractivity contribution in [3.63, 3.8) is 0 Å². The number of hydrogen-bond acceptors (Lipinski definition) is 3. The third-order valence-electron chi connectivity index (χ3n) is 2.81. The highest BCUT2D eigenvalue weighted by Crippen LogP contribution is 2.25. The number of nitrogens with zero attached hydrogens (tertiary/aromatic N) is 1. The van der Waals surface area contributed by atoms with Gasteiger partial charge in [0.25, 0.3) is 10.0 Å². The van der Waals surface area contributed by atoms with E-state index in [1.165, 1.54) is 12.1 Å². The van der Waals surface area contributed by atoms with Gasteiger partial charge in [-0.1, -0.05) is 28.1 Å². The summed E-state index contributed by atoms with van der Waals surface area (Å²) in [5, 5.41) is 9.09. The summed E-state index contributed by atoms with van der Waals surface area (Å²) in [5.41, 5.74) is 0.965. The molecule has 21 heavy (non-hydrogen) atoms. The largest absolute Gasteiger partial charge is 0.278 e. The lowest BCUT2D eigenvalue weighted by atomic mass is 10.1. The van der Waals surface area contributed by atoms with Crippen LogP contribution in [0.1, 0.15) is 11.1 Å². The minimum atomic E-state index is -4.11. The first-order chi connectivity index (χ1) is 9.85. The van der Waals surface area contributed by atoms with E-state index in [0.29, 0.717) is 10.0 Å². The van der Waals surface area contributed by atoms with Crippen LogP contribution in [0.25, 0.3) is 0 Å². The second-order valence-corrected chi connectivity index (χ2v) is 6.86. The van der Waals surface area contributed by atoms with Crippen molar-refractivity contribution in [1.82, 2.24) is 0 Å². The van der Waals surface area contributed by atoms with Crippen LogP contribution in [-0.4, -0.2) is 8.42 Å². The molecule has 0 aliphatic rings. The van der Waals surface area contributed by atoms with Crippen LogP contribution < -0.4 is 4.72 Å². The summed E-state index contributed by atoms with van der Waals surface area (Å²) in [6, 6.07) is 10.4. The lowest BCUT2D eigenvalue weighted by Gasteiger charge is -2.11. The fourth-order valence-corrected chi connectivity index (χ4v) is 3.26. The van der Waals surface area contributed by atoms with Gasteiger partial charge in [0.05, 0.1) is 11.3 Å². The Morgan fingerprint density at radius 1 is 1.29 bits per heavy atom. The Morgan fingerprint density at radius 2 is 2.00 bits per heavy atom. The molecule has 2 rings (SSSR count). The van der Waals surface area contributed by atoms with Gasteiger partial charge in [0.1, 0.15) is 16.8 Å². The predicted molar refractivity (Wildman–Crippen MR) is 80.8 cm³/mol. The van der Waals surface area contributed by atoms with Crippen LogP contribution in [0.2, 0.25) is 0 Å². The molecule has 0 radical (unpaired) electrons. The molecule has 0 aromatic heterocycles. The van der Waals surface area contributed by atoms with Crippen molar-refractivity contribution < 1.29 is 12.8 Å². The smallest absolute Gasteiger partial charge is 0.264 e. The maximum absolute atomic E-state index is 13.8. The Bertz CT molecular complexity index is 845. The van der Waals surface area contributed by atoms with E-state index in [0.717, 1.165) is 12.1 Å². The first kappa shape index (κ1) is 15.5. The molecule has 108 valence electrons. The molecule has 1 N–H and O–H groups in total. The molecule has 2 aromatic carbocycles. The lowest BCUT2D eigenvalue weighted by Crippen LogP contribution is -2.15. The Morgan fingerprint density at radius 3 is 2.62 bits per heavy atom. The first-order valence-corrected chi connectivity index (χ1v) is 8.10. The maximum atomic E-state index is 13.8. The topological polar surface area (TPSA) is 70.0 Å². The summed E-state index contributed by atoms with van der Waals surface area (Å²) in [7, 11) is -4.11. The Labute approximate surface area is 130 Å². The van der Waals surface area contributed by atoms with Gasteiger partial charge < -0.3 is 0 Å². The molecule has 0 bridgehead atoms. The molecule has 0 amide bonds. The van der Waals surface area contributed by atoms with E-state index >= 15 is 0 Å². The zero-order valence-corrected chi connectivity index (χ0v) is 13.3. The first-order valence-electron chi connectivity index (χ1n) is 5.83. The average Bonchev–Trinajstić information content (AvgIpc) is 2.38. The van der Waals surface area contributed by atoms with E-state index in [-0.39, 0.29) is 11.3 Å². The van der Waals surface area contributed by atoms with Gasteiger partial charge >= 0.3 is 0 Å². The fourth-order valence-electron chi connectivity index (χ4n) is 1.79. The van der Waals surface area contributed by atoms with Gasteiger partial charge in [-0.05, 0) is 36.8 Å². The second kappa shape index (κ2) is 5.84. The van der Waals surface area contributed by atoms with Crippen molar-refractivity contribution >= 4 is 31.6 Å². The van der Waals surface area contributed by atoms with E-state index in [2.05, 4.69) is 20.7 Å². The molecule has 0 unspecified atom stereocenters. The molecule has 4 nitrogen and oxygen atoms in total. The average molecular weight is 369 g/mol. The summed E-state index contributed by atoms with van der Waals surface area (Å²) < 4.78 is 41.0. The minimum Gasteiger partial charge on any atom is -0.278 e. The van der Waals surface area contributed by atoms with Crippen molar-refractivity contribution in [3.8, 4) is 6.07 Å². The van der Waals surface area contributed by atoms with Gasteiger partial charge in [-0.25, -0.2) is 12.8 Å². The Balaban J connectivity index is 2.48. The van der Waals surface area contributed by atoms with Crippen LogP contribution in [-0.2, 0) is 10.0 Å². The van der Waals surface area contributed by atoms with Gasteiger partial charge in [-0.2, -0.15) is 5.26 Å². The standard InChI is InChI=1S/C14H10BrFN2O2S/c1-9-3-2-4-13(11(9)8-17)18-21(19,20)14-6-5-10(15)7-12(14)16/h2-7,18H,1H3. The normalized spacial score (nSPS) is 11.0. The second-order valence-electron chi connectivity index (χ2n) is 4.29. The van der Waals surface area contributed by atoms with E-state index in [4.69, 9.17) is 5.26 Å². The van der Waals surface area contributed by atoms with Crippen LogP contribution >= 0.6 is 15.9 Å². The van der Waals surface area contributed by atoms with E-state index in [1.54, 1.807) is 19.1 Å². The van der Waals surface area contributed by atoms with Crippen molar-refractivity contribution in [2.45, 2.75) is 11.8 Å². The Kier molecular flexibility index (Phi) is 4.30. The summed E-state index contributed by atoms with van der Waals surface area (Å²) >= 11 is 3.06. The summed E-state index contributed by atoms with van der Waals surface area (Å²) in [6.45, 7) is 1.69.